The molecule has 3 aliphatic rings. The summed E-state index contributed by atoms with van der Waals surface area (Å²) in [7, 11) is 0. The molecule has 0 aliphatic heterocycles. The quantitative estimate of drug-likeness (QED) is 0.350. The second kappa shape index (κ2) is 11.9. The minimum Gasteiger partial charge on any atom is -0.393 e. The minimum atomic E-state index is -0.633. The molecule has 0 aromatic heterocycles. The molecule has 0 radical (unpaired) electrons. The number of hydrogen-bond donors (Lipinski definition) is 3. The van der Waals surface area contributed by atoms with Gasteiger partial charge in [0.1, 0.15) is 0 Å². The number of aliphatic hydroxyl groups excluding tert-OH is 2. The fraction of sp³-hybridized carbons (Fsp3) is 0.800. The minimum absolute atomic E-state index is 0.198. The van der Waals surface area contributed by atoms with Crippen molar-refractivity contribution in [1.82, 2.24) is 0 Å². The standard InChI is InChI=1S/C30H50O4/c1-6-14-30(33,15-7-2)17-18-34-22(4)26-12-13-27-23(9-8-16-29(26,27)5)10-11-24-19-25(31)20-28(32)21(24)3/h10-11,22,25-28,31-33H,3,6-9,12-20H2,1-2,4-5H3/b23-10+,24-11+/t22-,25+,26+,27-,28-,29+/m0/s1. The molecule has 0 amide bonds. The largest absolute Gasteiger partial charge is 0.393 e. The number of allylic oxidation sites excluding steroid dienone is 3. The van der Waals surface area contributed by atoms with Crippen LogP contribution < -0.4 is 0 Å². The molecule has 194 valence electrons. The van der Waals surface area contributed by atoms with Crippen molar-refractivity contribution >= 4 is 0 Å². The van der Waals surface area contributed by atoms with E-state index in [9.17, 15) is 15.3 Å². The van der Waals surface area contributed by atoms with Crippen molar-refractivity contribution in [3.05, 3.63) is 35.5 Å². The topological polar surface area (TPSA) is 69.9 Å². The molecule has 3 aliphatic carbocycles. The lowest BCUT2D eigenvalue weighted by Gasteiger charge is -2.44. The lowest BCUT2D eigenvalue weighted by molar-refractivity contribution is -0.0589. The van der Waals surface area contributed by atoms with Gasteiger partial charge in [0.15, 0.2) is 0 Å². The molecule has 0 unspecified atom stereocenters. The van der Waals surface area contributed by atoms with E-state index in [-0.39, 0.29) is 11.5 Å². The van der Waals surface area contributed by atoms with Crippen LogP contribution >= 0.6 is 0 Å². The fourth-order valence-electron chi connectivity index (χ4n) is 7.37. The molecular weight excluding hydrogens is 424 g/mol. The van der Waals surface area contributed by atoms with Crippen LogP contribution in [0.1, 0.15) is 105 Å². The summed E-state index contributed by atoms with van der Waals surface area (Å²) < 4.78 is 6.40. The Labute approximate surface area is 208 Å². The van der Waals surface area contributed by atoms with Crippen molar-refractivity contribution in [3.63, 3.8) is 0 Å². The van der Waals surface area contributed by atoms with Gasteiger partial charge in [-0.3, -0.25) is 0 Å². The highest BCUT2D eigenvalue weighted by Crippen LogP contribution is 2.58. The Kier molecular flexibility index (Phi) is 9.65. The number of aliphatic hydroxyl groups is 3. The third-order valence-electron chi connectivity index (χ3n) is 9.25. The smallest absolute Gasteiger partial charge is 0.0811 e. The highest BCUT2D eigenvalue weighted by molar-refractivity contribution is 5.38. The summed E-state index contributed by atoms with van der Waals surface area (Å²) in [6.45, 7) is 13.7. The number of fused-ring (bicyclic) bond motifs is 1. The highest BCUT2D eigenvalue weighted by Gasteiger charge is 2.51. The predicted molar refractivity (Wildman–Crippen MR) is 140 cm³/mol. The molecule has 3 N–H and O–H groups in total. The van der Waals surface area contributed by atoms with Crippen LogP contribution in [0, 0.1) is 17.3 Å². The number of ether oxygens (including phenoxy) is 1. The third kappa shape index (κ3) is 6.24. The molecule has 0 bridgehead atoms. The van der Waals surface area contributed by atoms with Crippen LogP contribution in [-0.2, 0) is 4.74 Å². The Morgan fingerprint density at radius 1 is 1.15 bits per heavy atom. The number of hydrogen-bond acceptors (Lipinski definition) is 4. The summed E-state index contributed by atoms with van der Waals surface area (Å²) in [4.78, 5) is 0. The van der Waals surface area contributed by atoms with Gasteiger partial charge in [-0.2, -0.15) is 0 Å². The molecule has 4 heteroatoms. The van der Waals surface area contributed by atoms with E-state index in [2.05, 4.69) is 46.4 Å². The molecule has 3 rings (SSSR count). The van der Waals surface area contributed by atoms with Gasteiger partial charge in [0.05, 0.1) is 23.9 Å². The lowest BCUT2D eigenvalue weighted by Crippen LogP contribution is -2.39. The van der Waals surface area contributed by atoms with Crippen LogP contribution in [0.4, 0.5) is 0 Å². The molecular formula is C30H50O4. The van der Waals surface area contributed by atoms with Gasteiger partial charge in [-0.1, -0.05) is 57.9 Å². The van der Waals surface area contributed by atoms with Gasteiger partial charge in [0, 0.05) is 13.0 Å². The summed E-state index contributed by atoms with van der Waals surface area (Å²) >= 11 is 0. The molecule has 0 heterocycles. The van der Waals surface area contributed by atoms with Crippen molar-refractivity contribution in [2.75, 3.05) is 6.61 Å². The van der Waals surface area contributed by atoms with E-state index >= 15 is 0 Å². The van der Waals surface area contributed by atoms with E-state index in [4.69, 9.17) is 4.74 Å². The molecule has 0 aromatic rings. The first kappa shape index (κ1) is 27.6. The molecule has 3 fully saturated rings. The van der Waals surface area contributed by atoms with Gasteiger partial charge in [-0.05, 0) is 93.1 Å². The zero-order chi connectivity index (χ0) is 24.9. The third-order valence-corrected chi connectivity index (χ3v) is 9.25. The Bertz CT molecular complexity index is 747. The van der Waals surface area contributed by atoms with Crippen molar-refractivity contribution in [3.8, 4) is 0 Å². The second-order valence-electron chi connectivity index (χ2n) is 11.7. The average Bonchev–Trinajstić information content (AvgIpc) is 3.13. The highest BCUT2D eigenvalue weighted by atomic mass is 16.5. The first-order valence-electron chi connectivity index (χ1n) is 13.9. The predicted octanol–water partition coefficient (Wildman–Crippen LogP) is 6.25. The first-order chi connectivity index (χ1) is 16.1. The molecule has 6 atom stereocenters. The molecule has 0 spiro atoms. The van der Waals surface area contributed by atoms with E-state index in [0.29, 0.717) is 31.3 Å². The SMILES string of the molecule is C=C1/C(=C/C=C2\CCC[C@]3(C)[C@@H]([C@H](C)OCCC(O)(CCC)CCC)CC[C@@H]23)C[C@@H](O)C[C@@H]1O. The first-order valence-corrected chi connectivity index (χ1v) is 13.9. The summed E-state index contributed by atoms with van der Waals surface area (Å²) in [6.07, 6.45) is 14.8. The van der Waals surface area contributed by atoms with Crippen molar-refractivity contribution in [1.29, 1.82) is 0 Å². The van der Waals surface area contributed by atoms with E-state index in [1.807, 2.05) is 0 Å². The summed E-state index contributed by atoms with van der Waals surface area (Å²) in [5.74, 6) is 1.10. The van der Waals surface area contributed by atoms with Crippen molar-refractivity contribution in [2.45, 2.75) is 129 Å². The average molecular weight is 475 g/mol. The molecule has 0 aromatic carbocycles. The maximum atomic E-state index is 10.9. The molecule has 34 heavy (non-hydrogen) atoms. The molecule has 3 saturated carbocycles. The zero-order valence-corrected chi connectivity index (χ0v) is 22.2. The van der Waals surface area contributed by atoms with Crippen molar-refractivity contribution < 1.29 is 20.1 Å². The summed E-state index contributed by atoms with van der Waals surface area (Å²) in [5, 5.41) is 31.2. The van der Waals surface area contributed by atoms with Crippen LogP contribution in [0.3, 0.4) is 0 Å². The van der Waals surface area contributed by atoms with Crippen LogP contribution in [0.5, 0.6) is 0 Å². The second-order valence-corrected chi connectivity index (χ2v) is 11.7. The maximum Gasteiger partial charge on any atom is 0.0811 e. The van der Waals surface area contributed by atoms with Crippen LogP contribution in [0.2, 0.25) is 0 Å². The maximum absolute atomic E-state index is 10.9. The van der Waals surface area contributed by atoms with Crippen LogP contribution in [-0.4, -0.2) is 45.8 Å². The van der Waals surface area contributed by atoms with Crippen molar-refractivity contribution in [2.24, 2.45) is 17.3 Å². The molecule has 4 nitrogen and oxygen atoms in total. The van der Waals surface area contributed by atoms with Gasteiger partial charge in [-0.15, -0.1) is 0 Å². The Balaban J connectivity index is 1.65. The zero-order valence-electron chi connectivity index (χ0n) is 22.2. The Morgan fingerprint density at radius 2 is 1.85 bits per heavy atom. The number of rotatable bonds is 10. The van der Waals surface area contributed by atoms with Gasteiger partial charge < -0.3 is 20.1 Å². The Morgan fingerprint density at radius 3 is 2.53 bits per heavy atom. The summed E-state index contributed by atoms with van der Waals surface area (Å²) in [5.41, 5.74) is 2.93. The van der Waals surface area contributed by atoms with E-state index in [0.717, 1.165) is 49.7 Å². The summed E-state index contributed by atoms with van der Waals surface area (Å²) in [6, 6.07) is 0. The van der Waals surface area contributed by atoms with Gasteiger partial charge in [0.2, 0.25) is 0 Å². The van der Waals surface area contributed by atoms with E-state index in [1.54, 1.807) is 0 Å². The fourth-order valence-corrected chi connectivity index (χ4v) is 7.37. The monoisotopic (exact) mass is 474 g/mol. The van der Waals surface area contributed by atoms with Crippen LogP contribution in [0.25, 0.3) is 0 Å². The van der Waals surface area contributed by atoms with Crippen LogP contribution in [0.15, 0.2) is 35.5 Å². The van der Waals surface area contributed by atoms with Gasteiger partial charge in [-0.25, -0.2) is 0 Å². The normalized spacial score (nSPS) is 35.7. The molecule has 0 saturated heterocycles. The van der Waals surface area contributed by atoms with Gasteiger partial charge in [0.25, 0.3) is 0 Å². The van der Waals surface area contributed by atoms with Gasteiger partial charge >= 0.3 is 0 Å². The lowest BCUT2D eigenvalue weighted by atomic mass is 9.62. The van der Waals surface area contributed by atoms with E-state index < -0.39 is 17.8 Å². The Hall–Kier alpha value is -0.940. The van der Waals surface area contributed by atoms with E-state index in [1.165, 1.54) is 31.3 Å².